The van der Waals surface area contributed by atoms with Gasteiger partial charge in [-0.1, -0.05) is 27.7 Å². The van der Waals surface area contributed by atoms with Gasteiger partial charge in [0.2, 0.25) is 41.4 Å². The number of carboxylic acids is 3. The van der Waals surface area contributed by atoms with E-state index in [2.05, 4.69) is 31.9 Å². The van der Waals surface area contributed by atoms with Crippen LogP contribution in [0.2, 0.25) is 0 Å². The molecule has 0 bridgehead atoms. The van der Waals surface area contributed by atoms with Gasteiger partial charge in [-0.25, -0.2) is 4.79 Å². The summed E-state index contributed by atoms with van der Waals surface area (Å²) in [6.45, 7) is 5.15. The van der Waals surface area contributed by atoms with Crippen LogP contribution >= 0.6 is 0 Å². The Morgan fingerprint density at radius 1 is 0.661 bits per heavy atom. The van der Waals surface area contributed by atoms with Crippen molar-refractivity contribution in [3.63, 3.8) is 0 Å². The number of nitrogens with one attached hydrogen (secondary N) is 6. The molecular weight excluding hydrogens is 744 g/mol. The van der Waals surface area contributed by atoms with E-state index in [9.17, 15) is 63.3 Å². The number of hydrogen-bond donors (Lipinski definition) is 11. The maximum Gasteiger partial charge on any atom is 0.326 e. The van der Waals surface area contributed by atoms with E-state index >= 15 is 0 Å². The predicted octanol–water partition coefficient (Wildman–Crippen LogP) is -3.63. The Balaban J connectivity index is 3.03. The molecule has 1 fully saturated rings. The van der Waals surface area contributed by atoms with Crippen LogP contribution in [0.25, 0.3) is 0 Å². The lowest BCUT2D eigenvalue weighted by molar-refractivity contribution is -0.145. The highest BCUT2D eigenvalue weighted by atomic mass is 16.4. The first-order valence-electron chi connectivity index (χ1n) is 18.3. The zero-order valence-electron chi connectivity index (χ0n) is 32.0. The fourth-order valence-corrected chi connectivity index (χ4v) is 5.76. The number of carbonyl (C=O) groups is 10. The third-order valence-electron chi connectivity index (χ3n) is 8.50. The van der Waals surface area contributed by atoms with E-state index in [1.54, 1.807) is 13.8 Å². The molecule has 0 aromatic carbocycles. The van der Waals surface area contributed by atoms with E-state index in [1.165, 1.54) is 0 Å². The number of hydrogen-bond acceptors (Lipinski definition) is 12. The third kappa shape index (κ3) is 17.4. The number of likely N-dealkylation sites (tertiary alicyclic amines) is 1. The molecule has 0 aliphatic carbocycles. The number of nitrogens with zero attached hydrogens (tertiary/aromatic N) is 1. The third-order valence-corrected chi connectivity index (χ3v) is 8.50. The minimum Gasteiger partial charge on any atom is -0.481 e. The molecule has 316 valence electrons. The van der Waals surface area contributed by atoms with Crippen LogP contribution < -0.4 is 37.6 Å². The quantitative estimate of drug-likeness (QED) is 0.0425. The van der Waals surface area contributed by atoms with Crippen molar-refractivity contribution in [3.05, 3.63) is 0 Å². The van der Waals surface area contributed by atoms with E-state index in [0.29, 0.717) is 0 Å². The van der Waals surface area contributed by atoms with E-state index in [1.807, 2.05) is 13.8 Å². The average molecular weight is 801 g/mol. The lowest BCUT2D eigenvalue weighted by Crippen LogP contribution is -2.59. The van der Waals surface area contributed by atoms with Gasteiger partial charge in [0.05, 0.1) is 19.7 Å². The van der Waals surface area contributed by atoms with Gasteiger partial charge in [-0.05, 0) is 50.4 Å². The molecule has 1 saturated heterocycles. The molecule has 0 saturated carbocycles. The molecule has 1 heterocycles. The molecule has 0 radical (unpaired) electrons. The van der Waals surface area contributed by atoms with Crippen molar-refractivity contribution in [2.45, 2.75) is 115 Å². The maximum atomic E-state index is 13.6. The average Bonchev–Trinajstić information content (AvgIpc) is 3.61. The second kappa shape index (κ2) is 24.2. The van der Waals surface area contributed by atoms with E-state index in [-0.39, 0.29) is 50.6 Å². The first kappa shape index (κ1) is 48.6. The summed E-state index contributed by atoms with van der Waals surface area (Å²) in [4.78, 5) is 126. The van der Waals surface area contributed by atoms with Crippen LogP contribution in [0.15, 0.2) is 0 Å². The fourth-order valence-electron chi connectivity index (χ4n) is 5.76. The number of amides is 7. The summed E-state index contributed by atoms with van der Waals surface area (Å²) in [5, 5.41) is 51.7. The Morgan fingerprint density at radius 3 is 1.66 bits per heavy atom. The van der Waals surface area contributed by atoms with Crippen LogP contribution in [0, 0.1) is 11.8 Å². The minimum atomic E-state index is -1.70. The van der Waals surface area contributed by atoms with Gasteiger partial charge in [-0.3, -0.25) is 43.2 Å². The van der Waals surface area contributed by atoms with Crippen LogP contribution in [0.4, 0.5) is 0 Å². The van der Waals surface area contributed by atoms with Crippen molar-refractivity contribution in [2.75, 3.05) is 26.2 Å². The van der Waals surface area contributed by atoms with Crippen LogP contribution in [0.5, 0.6) is 0 Å². The molecule has 0 unspecified atom stereocenters. The van der Waals surface area contributed by atoms with E-state index < -0.39 is 134 Å². The number of aliphatic hydroxyl groups excluding tert-OH is 1. The lowest BCUT2D eigenvalue weighted by Gasteiger charge is -2.30. The summed E-state index contributed by atoms with van der Waals surface area (Å²) in [6, 6.07) is -8.19. The van der Waals surface area contributed by atoms with Gasteiger partial charge in [-0.15, -0.1) is 0 Å². The van der Waals surface area contributed by atoms with Gasteiger partial charge in [0.25, 0.3) is 0 Å². The maximum absolute atomic E-state index is 13.6. The largest absolute Gasteiger partial charge is 0.481 e. The van der Waals surface area contributed by atoms with Crippen molar-refractivity contribution in [1.82, 2.24) is 36.8 Å². The Hall–Kier alpha value is -5.38. The molecule has 22 nitrogen and oxygen atoms in total. The standard InChI is InChI=1S/C34H56N8O14/c1-17(2)12-21(41-30(51)22(13-18(3)4)37-25(44)14-35)29(50)36-15-26(45)38-23(16-43)31(52)39-19(7-9-27(46)47)33(54)42-11-5-6-24(42)32(53)40-20(34(55)56)8-10-28(48)49/h17-24,43H,5-16,35H2,1-4H3,(H,36,50)(H,37,44)(H,38,45)(H,39,52)(H,40,53)(H,41,51)(H,46,47)(H,48,49)(H,55,56)/t19-,20-,21-,22-,23-,24-/m0/s1. The molecule has 1 rings (SSSR count). The Bertz CT molecular complexity index is 1440. The fraction of sp³-hybridized carbons (Fsp3) is 0.706. The van der Waals surface area contributed by atoms with Gasteiger partial charge in [0, 0.05) is 19.4 Å². The first-order valence-corrected chi connectivity index (χ1v) is 18.3. The van der Waals surface area contributed by atoms with Gasteiger partial charge < -0.3 is 63.0 Å². The van der Waals surface area contributed by atoms with Crippen LogP contribution in [0.1, 0.15) is 79.1 Å². The molecule has 7 amide bonds. The molecule has 1 aliphatic rings. The number of aliphatic hydroxyl groups is 1. The zero-order valence-corrected chi connectivity index (χ0v) is 32.0. The monoisotopic (exact) mass is 800 g/mol. The number of carbonyl (C=O) groups excluding carboxylic acids is 7. The Morgan fingerprint density at radius 2 is 1.16 bits per heavy atom. The number of carboxylic acid groups (broad SMARTS) is 3. The molecule has 0 aromatic heterocycles. The number of nitrogens with two attached hydrogens (primary N) is 1. The summed E-state index contributed by atoms with van der Waals surface area (Å²) < 4.78 is 0. The molecule has 22 heteroatoms. The molecular formula is C34H56N8O14. The molecule has 0 spiro atoms. The van der Waals surface area contributed by atoms with Crippen LogP contribution in [0.3, 0.4) is 0 Å². The molecule has 0 aromatic rings. The SMILES string of the molecule is CC(C)C[C@H](NC(=O)CN)C(=O)N[C@@H](CC(C)C)C(=O)NCC(=O)N[C@@H](CO)C(=O)N[C@@H](CCC(=O)O)C(=O)N1CCC[C@H]1C(=O)N[C@@H](CCC(=O)O)C(=O)O. The minimum absolute atomic E-state index is 0.00701. The van der Waals surface area contributed by atoms with Crippen molar-refractivity contribution < 1.29 is 68.4 Å². The van der Waals surface area contributed by atoms with Crippen molar-refractivity contribution in [1.29, 1.82) is 0 Å². The summed E-state index contributed by atoms with van der Waals surface area (Å²) in [7, 11) is 0. The summed E-state index contributed by atoms with van der Waals surface area (Å²) in [5.74, 6) is -10.1. The topological polar surface area (TPSA) is 353 Å². The number of aliphatic carboxylic acids is 3. The van der Waals surface area contributed by atoms with E-state index in [4.69, 9.17) is 10.8 Å². The van der Waals surface area contributed by atoms with Gasteiger partial charge in [0.15, 0.2) is 0 Å². The second-order valence-corrected chi connectivity index (χ2v) is 14.2. The van der Waals surface area contributed by atoms with Crippen molar-refractivity contribution >= 4 is 59.3 Å². The highest BCUT2D eigenvalue weighted by Gasteiger charge is 2.39. The van der Waals surface area contributed by atoms with Gasteiger partial charge in [-0.2, -0.15) is 0 Å². The molecule has 6 atom stereocenters. The predicted molar refractivity (Wildman–Crippen MR) is 194 cm³/mol. The number of rotatable bonds is 25. The van der Waals surface area contributed by atoms with Crippen molar-refractivity contribution in [3.8, 4) is 0 Å². The van der Waals surface area contributed by atoms with Crippen LogP contribution in [-0.4, -0.2) is 147 Å². The van der Waals surface area contributed by atoms with Gasteiger partial charge >= 0.3 is 17.9 Å². The summed E-state index contributed by atoms with van der Waals surface area (Å²) in [6.07, 6.45) is -1.33. The molecule has 12 N–H and O–H groups in total. The highest BCUT2D eigenvalue weighted by molar-refractivity contribution is 5.97. The van der Waals surface area contributed by atoms with Crippen molar-refractivity contribution in [2.24, 2.45) is 17.6 Å². The van der Waals surface area contributed by atoms with Gasteiger partial charge in [0.1, 0.15) is 36.3 Å². The molecule has 56 heavy (non-hydrogen) atoms. The summed E-state index contributed by atoms with van der Waals surface area (Å²) >= 11 is 0. The van der Waals surface area contributed by atoms with Crippen LogP contribution in [-0.2, 0) is 47.9 Å². The van der Waals surface area contributed by atoms with E-state index in [0.717, 1.165) is 4.90 Å². The Labute approximate surface area is 323 Å². The highest BCUT2D eigenvalue weighted by Crippen LogP contribution is 2.20. The lowest BCUT2D eigenvalue weighted by atomic mass is 10.00. The first-order chi connectivity index (χ1) is 26.2. The summed E-state index contributed by atoms with van der Waals surface area (Å²) in [5.41, 5.74) is 5.37. The smallest absolute Gasteiger partial charge is 0.326 e. The normalized spacial score (nSPS) is 16.4. The Kier molecular flexibility index (Phi) is 21.0. The zero-order chi connectivity index (χ0) is 42.7. The second-order valence-electron chi connectivity index (χ2n) is 14.2. The molecule has 1 aliphatic heterocycles.